The first-order chi connectivity index (χ1) is 6.65. The lowest BCUT2D eigenvalue weighted by Crippen LogP contribution is -2.06. The topological polar surface area (TPSA) is 75.1 Å². The summed E-state index contributed by atoms with van der Waals surface area (Å²) >= 11 is 6.81. The van der Waals surface area contributed by atoms with Gasteiger partial charge in [0.25, 0.3) is 0 Å². The number of fused-ring (bicyclic) bond motifs is 1. The first kappa shape index (κ1) is 9.17. The Morgan fingerprint density at radius 2 is 2.29 bits per heavy atom. The zero-order valence-electron chi connectivity index (χ0n) is 6.69. The minimum atomic E-state index is -1.14. The Balaban J connectivity index is 2.46. The quantitative estimate of drug-likeness (QED) is 0.737. The molecule has 0 saturated carbocycles. The number of nitrogens with zero attached hydrogens (tertiary/aromatic N) is 2. The molecule has 72 valence electrons. The summed E-state index contributed by atoms with van der Waals surface area (Å²) < 4.78 is 0. The van der Waals surface area contributed by atoms with E-state index in [1.54, 1.807) is 12.1 Å². The van der Waals surface area contributed by atoms with Crippen molar-refractivity contribution in [2.24, 2.45) is 0 Å². The summed E-state index contributed by atoms with van der Waals surface area (Å²) in [5.74, 6) is 0. The SMILES string of the molecule is O=C(O)Nc1nc2ccc(Cl)nc2s1. The van der Waals surface area contributed by atoms with Crippen molar-refractivity contribution < 1.29 is 9.90 Å². The van der Waals surface area contributed by atoms with Crippen LogP contribution in [0.3, 0.4) is 0 Å². The third-order valence-corrected chi connectivity index (χ3v) is 2.53. The second kappa shape index (κ2) is 3.39. The van der Waals surface area contributed by atoms with Crippen LogP contribution in [-0.2, 0) is 0 Å². The van der Waals surface area contributed by atoms with Crippen LogP contribution < -0.4 is 5.32 Å². The smallest absolute Gasteiger partial charge is 0.410 e. The molecule has 0 aliphatic rings. The van der Waals surface area contributed by atoms with Crippen molar-refractivity contribution in [1.82, 2.24) is 9.97 Å². The maximum atomic E-state index is 10.3. The Morgan fingerprint density at radius 1 is 1.50 bits per heavy atom. The molecule has 5 nitrogen and oxygen atoms in total. The van der Waals surface area contributed by atoms with E-state index in [0.29, 0.717) is 20.6 Å². The molecule has 1 amide bonds. The molecule has 0 atom stereocenters. The fourth-order valence-electron chi connectivity index (χ4n) is 0.939. The van der Waals surface area contributed by atoms with Crippen LogP contribution in [0.25, 0.3) is 10.3 Å². The number of nitrogens with one attached hydrogen (secondary N) is 1. The van der Waals surface area contributed by atoms with Gasteiger partial charge in [0.1, 0.15) is 15.5 Å². The number of halogens is 1. The average molecular weight is 230 g/mol. The second-order valence-corrected chi connectivity index (χ2v) is 3.77. The van der Waals surface area contributed by atoms with Crippen molar-refractivity contribution in [2.75, 3.05) is 5.32 Å². The Morgan fingerprint density at radius 3 is 3.00 bits per heavy atom. The first-order valence-electron chi connectivity index (χ1n) is 3.58. The first-order valence-corrected chi connectivity index (χ1v) is 4.77. The summed E-state index contributed by atoms with van der Waals surface area (Å²) in [6.45, 7) is 0. The van der Waals surface area contributed by atoms with Crippen LogP contribution in [0.2, 0.25) is 5.15 Å². The molecule has 2 N–H and O–H groups in total. The number of carboxylic acid groups (broad SMARTS) is 1. The average Bonchev–Trinajstić information content (AvgIpc) is 2.44. The summed E-state index contributed by atoms with van der Waals surface area (Å²) in [7, 11) is 0. The second-order valence-electron chi connectivity index (χ2n) is 2.41. The van der Waals surface area contributed by atoms with Gasteiger partial charge >= 0.3 is 6.09 Å². The van der Waals surface area contributed by atoms with E-state index in [1.807, 2.05) is 0 Å². The van der Waals surface area contributed by atoms with Crippen molar-refractivity contribution in [3.05, 3.63) is 17.3 Å². The molecular formula is C7H4ClN3O2S. The highest BCUT2D eigenvalue weighted by Gasteiger charge is 2.07. The van der Waals surface area contributed by atoms with Crippen molar-refractivity contribution >= 4 is 44.5 Å². The van der Waals surface area contributed by atoms with Gasteiger partial charge < -0.3 is 5.11 Å². The Bertz CT molecular complexity index is 499. The lowest BCUT2D eigenvalue weighted by atomic mass is 10.5. The molecule has 2 heterocycles. The van der Waals surface area contributed by atoms with Crippen LogP contribution in [-0.4, -0.2) is 21.2 Å². The highest BCUT2D eigenvalue weighted by Crippen LogP contribution is 2.25. The van der Waals surface area contributed by atoms with Crippen molar-refractivity contribution in [1.29, 1.82) is 0 Å². The van der Waals surface area contributed by atoms with Gasteiger partial charge in [0.2, 0.25) is 0 Å². The van der Waals surface area contributed by atoms with Gasteiger partial charge in [-0.3, -0.25) is 5.32 Å². The Hall–Kier alpha value is -1.40. The fraction of sp³-hybridized carbons (Fsp3) is 0. The molecule has 0 radical (unpaired) electrons. The summed E-state index contributed by atoms with van der Waals surface area (Å²) in [5, 5.41) is 11.3. The number of anilines is 1. The third-order valence-electron chi connectivity index (χ3n) is 1.44. The van der Waals surface area contributed by atoms with Gasteiger partial charge in [-0.25, -0.2) is 14.8 Å². The molecule has 0 unspecified atom stereocenters. The molecule has 0 fully saturated rings. The molecule has 0 bridgehead atoms. The molecule has 0 saturated heterocycles. The molecule has 0 aliphatic heterocycles. The molecule has 7 heteroatoms. The number of hydrogen-bond acceptors (Lipinski definition) is 4. The van der Waals surface area contributed by atoms with Crippen LogP contribution in [0.1, 0.15) is 0 Å². The zero-order valence-corrected chi connectivity index (χ0v) is 8.26. The summed E-state index contributed by atoms with van der Waals surface area (Å²) in [6, 6.07) is 3.29. The van der Waals surface area contributed by atoms with Gasteiger partial charge in [0.05, 0.1) is 0 Å². The standard InChI is InChI=1S/C7H4ClN3O2S/c8-4-2-1-3-5(10-4)14-6(9-3)11-7(12)13/h1-2H,(H,9,11)(H,12,13). The van der Waals surface area contributed by atoms with E-state index < -0.39 is 6.09 Å². The highest BCUT2D eigenvalue weighted by molar-refractivity contribution is 7.21. The van der Waals surface area contributed by atoms with E-state index in [-0.39, 0.29) is 0 Å². The summed E-state index contributed by atoms with van der Waals surface area (Å²) in [5.41, 5.74) is 0.628. The number of hydrogen-bond donors (Lipinski definition) is 2. The van der Waals surface area contributed by atoms with Crippen LogP contribution in [0, 0.1) is 0 Å². The lowest BCUT2D eigenvalue weighted by molar-refractivity contribution is 0.210. The minimum absolute atomic E-state index is 0.294. The van der Waals surface area contributed by atoms with E-state index in [1.165, 1.54) is 0 Å². The van der Waals surface area contributed by atoms with Crippen molar-refractivity contribution in [3.63, 3.8) is 0 Å². The Kier molecular flexibility index (Phi) is 2.22. The number of aromatic nitrogens is 2. The van der Waals surface area contributed by atoms with Gasteiger partial charge in [-0.05, 0) is 12.1 Å². The maximum absolute atomic E-state index is 10.3. The van der Waals surface area contributed by atoms with Gasteiger partial charge in [-0.15, -0.1) is 0 Å². The predicted octanol–water partition coefficient (Wildman–Crippen LogP) is 2.43. The van der Waals surface area contributed by atoms with E-state index >= 15 is 0 Å². The molecule has 0 aromatic carbocycles. The largest absolute Gasteiger partial charge is 0.465 e. The van der Waals surface area contributed by atoms with Crippen LogP contribution in [0.15, 0.2) is 12.1 Å². The highest BCUT2D eigenvalue weighted by atomic mass is 35.5. The Labute approximate surface area is 87.4 Å². The summed E-state index contributed by atoms with van der Waals surface area (Å²) in [6.07, 6.45) is -1.14. The van der Waals surface area contributed by atoms with Crippen LogP contribution in [0.5, 0.6) is 0 Å². The monoisotopic (exact) mass is 229 g/mol. The van der Waals surface area contributed by atoms with Gasteiger partial charge in [-0.2, -0.15) is 0 Å². The number of amides is 1. The van der Waals surface area contributed by atoms with E-state index in [9.17, 15) is 4.79 Å². The molecule has 0 spiro atoms. The third kappa shape index (κ3) is 1.75. The molecule has 2 aromatic rings. The molecular weight excluding hydrogens is 226 g/mol. The molecule has 14 heavy (non-hydrogen) atoms. The molecule has 2 aromatic heterocycles. The number of thiazole rings is 1. The van der Waals surface area contributed by atoms with Crippen molar-refractivity contribution in [3.8, 4) is 0 Å². The van der Waals surface area contributed by atoms with Gasteiger partial charge in [-0.1, -0.05) is 22.9 Å². The normalized spacial score (nSPS) is 10.4. The minimum Gasteiger partial charge on any atom is -0.465 e. The molecule has 0 aliphatic carbocycles. The van der Waals surface area contributed by atoms with E-state index in [4.69, 9.17) is 16.7 Å². The predicted molar refractivity (Wildman–Crippen MR) is 54.1 cm³/mol. The van der Waals surface area contributed by atoms with Gasteiger partial charge in [0.15, 0.2) is 5.13 Å². The van der Waals surface area contributed by atoms with E-state index in [2.05, 4.69) is 15.3 Å². The van der Waals surface area contributed by atoms with Crippen LogP contribution in [0.4, 0.5) is 9.93 Å². The number of rotatable bonds is 1. The fourth-order valence-corrected chi connectivity index (χ4v) is 1.96. The van der Waals surface area contributed by atoms with E-state index in [0.717, 1.165) is 11.3 Å². The van der Waals surface area contributed by atoms with Crippen LogP contribution >= 0.6 is 22.9 Å². The maximum Gasteiger partial charge on any atom is 0.410 e. The number of pyridine rings is 1. The number of carbonyl (C=O) groups is 1. The zero-order chi connectivity index (χ0) is 10.1. The lowest BCUT2D eigenvalue weighted by Gasteiger charge is -1.89. The van der Waals surface area contributed by atoms with Gasteiger partial charge in [0, 0.05) is 0 Å². The molecule has 2 rings (SSSR count). The summed E-state index contributed by atoms with van der Waals surface area (Å²) in [4.78, 5) is 18.9. The van der Waals surface area contributed by atoms with Crippen molar-refractivity contribution in [2.45, 2.75) is 0 Å².